The van der Waals surface area contributed by atoms with E-state index in [-0.39, 0.29) is 5.91 Å². The summed E-state index contributed by atoms with van der Waals surface area (Å²) in [5, 5.41) is 2.89. The molecule has 1 aromatic carbocycles. The number of rotatable bonds is 5. The van der Waals surface area contributed by atoms with Gasteiger partial charge in [0.2, 0.25) is 0 Å². The third-order valence-corrected chi connectivity index (χ3v) is 4.05. The van der Waals surface area contributed by atoms with Crippen LogP contribution in [-0.4, -0.2) is 31.8 Å². The number of carbonyl (C=O) groups is 1. The number of hydrogen-bond donors (Lipinski definition) is 1. The highest BCUT2D eigenvalue weighted by atomic mass is 16.1. The lowest BCUT2D eigenvalue weighted by Crippen LogP contribution is -2.26. The number of aromatic nitrogens is 4. The average Bonchev–Trinajstić information content (AvgIpc) is 3.14. The van der Waals surface area contributed by atoms with Crippen LogP contribution in [0.2, 0.25) is 0 Å². The maximum Gasteiger partial charge on any atom is 0.271 e. The van der Waals surface area contributed by atoms with Crippen LogP contribution < -0.4 is 5.32 Å². The Morgan fingerprint density at radius 3 is 2.65 bits per heavy atom. The van der Waals surface area contributed by atoms with E-state index in [1.165, 1.54) is 0 Å². The Balaban J connectivity index is 1.53. The Bertz CT molecular complexity index is 1030. The second-order valence-corrected chi connectivity index (χ2v) is 5.83. The topological polar surface area (TPSA) is 72.2 Å². The normalized spacial score (nSPS) is 10.8. The molecule has 0 spiro atoms. The molecule has 6 heteroatoms. The van der Waals surface area contributed by atoms with Crippen molar-refractivity contribution < 1.29 is 4.79 Å². The van der Waals surface area contributed by atoms with Crippen LogP contribution in [0.15, 0.2) is 73.3 Å². The van der Waals surface area contributed by atoms with Crippen LogP contribution in [0.1, 0.15) is 16.2 Å². The fraction of sp³-hybridized carbons (Fsp3) is 0.100. The minimum Gasteiger partial charge on any atom is -0.350 e. The molecule has 4 rings (SSSR count). The molecule has 3 aromatic heterocycles. The van der Waals surface area contributed by atoms with Gasteiger partial charge in [0.05, 0.1) is 0 Å². The fourth-order valence-corrected chi connectivity index (χ4v) is 2.77. The van der Waals surface area contributed by atoms with Gasteiger partial charge in [-0.25, -0.2) is 4.98 Å². The smallest absolute Gasteiger partial charge is 0.271 e. The Morgan fingerprint density at radius 2 is 1.85 bits per heavy atom. The summed E-state index contributed by atoms with van der Waals surface area (Å²) in [7, 11) is 0. The molecule has 3 heterocycles. The zero-order chi connectivity index (χ0) is 17.8. The van der Waals surface area contributed by atoms with Crippen molar-refractivity contribution in [2.45, 2.75) is 6.42 Å². The number of imidazole rings is 1. The molecule has 0 saturated heterocycles. The van der Waals surface area contributed by atoms with Gasteiger partial charge < -0.3 is 9.72 Å². The van der Waals surface area contributed by atoms with Crippen LogP contribution in [0.4, 0.5) is 0 Å². The fourth-order valence-electron chi connectivity index (χ4n) is 2.77. The Labute approximate surface area is 150 Å². The summed E-state index contributed by atoms with van der Waals surface area (Å²) in [6.45, 7) is 0.507. The van der Waals surface area contributed by atoms with Crippen molar-refractivity contribution in [1.29, 1.82) is 0 Å². The summed E-state index contributed by atoms with van der Waals surface area (Å²) >= 11 is 0. The highest BCUT2D eigenvalue weighted by molar-refractivity contribution is 5.93. The van der Waals surface area contributed by atoms with Crippen molar-refractivity contribution in [1.82, 2.24) is 24.7 Å². The van der Waals surface area contributed by atoms with Gasteiger partial charge >= 0.3 is 0 Å². The van der Waals surface area contributed by atoms with E-state index in [9.17, 15) is 4.79 Å². The Hall–Kier alpha value is -3.54. The maximum atomic E-state index is 12.4. The molecular weight excluding hydrogens is 326 g/mol. The largest absolute Gasteiger partial charge is 0.350 e. The molecule has 6 nitrogen and oxygen atoms in total. The van der Waals surface area contributed by atoms with E-state index in [4.69, 9.17) is 0 Å². The molecule has 26 heavy (non-hydrogen) atoms. The number of carbonyl (C=O) groups excluding carboxylic acids is 1. The lowest BCUT2D eigenvalue weighted by Gasteiger charge is -2.02. The first kappa shape index (κ1) is 16.0. The van der Waals surface area contributed by atoms with Gasteiger partial charge in [-0.1, -0.05) is 36.4 Å². The van der Waals surface area contributed by atoms with Gasteiger partial charge in [-0.3, -0.25) is 14.8 Å². The summed E-state index contributed by atoms with van der Waals surface area (Å²) in [6, 6.07) is 15.6. The molecule has 0 aliphatic carbocycles. The summed E-state index contributed by atoms with van der Waals surface area (Å²) in [5.41, 5.74) is 3.69. The maximum absolute atomic E-state index is 12.4. The molecule has 0 unspecified atom stereocenters. The number of pyridine rings is 1. The first-order valence-corrected chi connectivity index (χ1v) is 8.38. The van der Waals surface area contributed by atoms with Crippen molar-refractivity contribution in [3.63, 3.8) is 0 Å². The molecule has 0 aliphatic rings. The van der Waals surface area contributed by atoms with Gasteiger partial charge in [-0.05, 0) is 12.1 Å². The molecule has 0 fully saturated rings. The molecule has 0 aliphatic heterocycles. The standard InChI is InChI=1S/C20H17N5O/c26-20(23-11-9-16-8-4-5-10-21-16)17-14-25-13-12-22-18(19(25)24-17)15-6-2-1-3-7-15/h1-8,10,12-14H,9,11H2,(H,23,26). The summed E-state index contributed by atoms with van der Waals surface area (Å²) in [6.07, 6.45) is 7.65. The number of benzene rings is 1. The molecule has 0 bridgehead atoms. The van der Waals surface area contributed by atoms with E-state index in [1.807, 2.05) is 52.9 Å². The molecular formula is C20H17N5O. The van der Waals surface area contributed by atoms with E-state index in [2.05, 4.69) is 20.3 Å². The second-order valence-electron chi connectivity index (χ2n) is 5.83. The van der Waals surface area contributed by atoms with Crippen LogP contribution in [0.3, 0.4) is 0 Å². The SMILES string of the molecule is O=C(NCCc1ccccn1)c1cn2ccnc(-c3ccccc3)c2n1. The van der Waals surface area contributed by atoms with Gasteiger partial charge in [-0.15, -0.1) is 0 Å². The van der Waals surface area contributed by atoms with Crippen LogP contribution in [0.5, 0.6) is 0 Å². The predicted molar refractivity (Wildman–Crippen MR) is 98.7 cm³/mol. The van der Waals surface area contributed by atoms with E-state index >= 15 is 0 Å². The molecule has 1 amide bonds. The lowest BCUT2D eigenvalue weighted by atomic mass is 10.1. The van der Waals surface area contributed by atoms with Gasteiger partial charge in [0.1, 0.15) is 11.4 Å². The molecule has 0 radical (unpaired) electrons. The minimum atomic E-state index is -0.205. The Kier molecular flexibility index (Phi) is 4.38. The summed E-state index contributed by atoms with van der Waals surface area (Å²) in [4.78, 5) is 25.6. The number of amides is 1. The van der Waals surface area contributed by atoms with E-state index in [0.29, 0.717) is 24.3 Å². The monoisotopic (exact) mass is 343 g/mol. The zero-order valence-electron chi connectivity index (χ0n) is 14.0. The third-order valence-electron chi connectivity index (χ3n) is 4.05. The minimum absolute atomic E-state index is 0.205. The zero-order valence-corrected chi connectivity index (χ0v) is 14.0. The van der Waals surface area contributed by atoms with Crippen molar-refractivity contribution in [3.05, 3.63) is 84.7 Å². The van der Waals surface area contributed by atoms with Gasteiger partial charge in [0, 0.05) is 49.0 Å². The quantitative estimate of drug-likeness (QED) is 0.605. The van der Waals surface area contributed by atoms with E-state index in [1.54, 1.807) is 24.8 Å². The summed E-state index contributed by atoms with van der Waals surface area (Å²) in [5.74, 6) is -0.205. The number of hydrogen-bond acceptors (Lipinski definition) is 4. The van der Waals surface area contributed by atoms with Crippen molar-refractivity contribution >= 4 is 11.6 Å². The lowest BCUT2D eigenvalue weighted by molar-refractivity contribution is 0.0949. The van der Waals surface area contributed by atoms with E-state index < -0.39 is 0 Å². The van der Waals surface area contributed by atoms with Gasteiger partial charge in [-0.2, -0.15) is 0 Å². The number of nitrogens with zero attached hydrogens (tertiary/aromatic N) is 4. The first-order chi connectivity index (χ1) is 12.8. The average molecular weight is 343 g/mol. The number of nitrogens with one attached hydrogen (secondary N) is 1. The van der Waals surface area contributed by atoms with Crippen molar-refractivity contribution in [2.24, 2.45) is 0 Å². The Morgan fingerprint density at radius 1 is 1.00 bits per heavy atom. The van der Waals surface area contributed by atoms with Gasteiger partial charge in [0.25, 0.3) is 5.91 Å². The van der Waals surface area contributed by atoms with Crippen molar-refractivity contribution in [3.8, 4) is 11.3 Å². The van der Waals surface area contributed by atoms with Crippen LogP contribution in [-0.2, 0) is 6.42 Å². The molecule has 0 saturated carbocycles. The predicted octanol–water partition coefficient (Wildman–Crippen LogP) is 2.76. The third kappa shape index (κ3) is 3.30. The van der Waals surface area contributed by atoms with Crippen molar-refractivity contribution in [2.75, 3.05) is 6.54 Å². The molecule has 1 N–H and O–H groups in total. The van der Waals surface area contributed by atoms with Crippen LogP contribution in [0.25, 0.3) is 16.9 Å². The molecule has 0 atom stereocenters. The van der Waals surface area contributed by atoms with Crippen LogP contribution >= 0.6 is 0 Å². The van der Waals surface area contributed by atoms with Gasteiger partial charge in [0.15, 0.2) is 5.65 Å². The summed E-state index contributed by atoms with van der Waals surface area (Å²) < 4.78 is 1.82. The highest BCUT2D eigenvalue weighted by Crippen LogP contribution is 2.21. The first-order valence-electron chi connectivity index (χ1n) is 8.38. The van der Waals surface area contributed by atoms with Crippen LogP contribution in [0, 0.1) is 0 Å². The number of fused-ring (bicyclic) bond motifs is 1. The molecule has 128 valence electrons. The second kappa shape index (κ2) is 7.14. The highest BCUT2D eigenvalue weighted by Gasteiger charge is 2.14. The molecule has 4 aromatic rings. The van der Waals surface area contributed by atoms with E-state index in [0.717, 1.165) is 17.0 Å².